The minimum Gasteiger partial charge on any atom is -0.497 e. The van der Waals surface area contributed by atoms with Gasteiger partial charge >= 0.3 is 0 Å². The fourth-order valence-electron chi connectivity index (χ4n) is 3.07. The summed E-state index contributed by atoms with van der Waals surface area (Å²) in [4.78, 5) is 15.2. The molecule has 4 heteroatoms. The second-order valence-electron chi connectivity index (χ2n) is 6.54. The van der Waals surface area contributed by atoms with Crippen LogP contribution in [0.25, 0.3) is 6.08 Å². The van der Waals surface area contributed by atoms with Crippen LogP contribution in [0.3, 0.4) is 0 Å². The average Bonchev–Trinajstić information content (AvgIpc) is 2.79. The third-order valence-electron chi connectivity index (χ3n) is 4.61. The Hall–Kier alpha value is -3.53. The maximum absolute atomic E-state index is 13.4. The first-order valence-corrected chi connectivity index (χ1v) is 9.71. The first-order valence-electron chi connectivity index (χ1n) is 9.71. The second kappa shape index (κ2) is 10.1. The fraction of sp³-hybridized carbons (Fsp3) is 0.160. The summed E-state index contributed by atoms with van der Waals surface area (Å²) in [5, 5.41) is 3.35. The summed E-state index contributed by atoms with van der Waals surface area (Å²) >= 11 is 0. The molecular formula is C25H26N2O2. The number of hydrogen-bond acceptors (Lipinski definition) is 3. The molecule has 0 aliphatic carbocycles. The van der Waals surface area contributed by atoms with Crippen LogP contribution in [0.5, 0.6) is 5.75 Å². The molecule has 3 rings (SSSR count). The first-order chi connectivity index (χ1) is 14.2. The van der Waals surface area contributed by atoms with Crippen LogP contribution >= 0.6 is 0 Å². The Morgan fingerprint density at radius 2 is 1.59 bits per heavy atom. The lowest BCUT2D eigenvalue weighted by Gasteiger charge is -2.26. The van der Waals surface area contributed by atoms with Crippen molar-refractivity contribution in [3.63, 3.8) is 0 Å². The number of nitrogens with zero attached hydrogens (tertiary/aromatic N) is 1. The van der Waals surface area contributed by atoms with Crippen molar-refractivity contribution < 1.29 is 9.53 Å². The van der Waals surface area contributed by atoms with Crippen LogP contribution in [-0.4, -0.2) is 25.6 Å². The number of anilines is 2. The lowest BCUT2D eigenvalue weighted by Crippen LogP contribution is -2.42. The zero-order chi connectivity index (χ0) is 20.5. The molecule has 0 fully saturated rings. The summed E-state index contributed by atoms with van der Waals surface area (Å²) in [6.45, 7) is 2.57. The SMILES string of the molecule is CCN(C(=O)[C@H](/C=C/c1ccccc1)Nc1ccc(OC)cc1)c1ccccc1. The van der Waals surface area contributed by atoms with Gasteiger partial charge in [0, 0.05) is 17.9 Å². The van der Waals surface area contributed by atoms with Crippen molar-refractivity contribution in [1.29, 1.82) is 0 Å². The van der Waals surface area contributed by atoms with Crippen molar-refractivity contribution in [2.24, 2.45) is 0 Å². The highest BCUT2D eigenvalue weighted by Gasteiger charge is 2.22. The molecule has 0 saturated carbocycles. The van der Waals surface area contributed by atoms with E-state index in [1.807, 2.05) is 104 Å². The quantitative estimate of drug-likeness (QED) is 0.575. The number of para-hydroxylation sites is 1. The lowest BCUT2D eigenvalue weighted by atomic mass is 10.1. The Morgan fingerprint density at radius 1 is 0.966 bits per heavy atom. The van der Waals surface area contributed by atoms with E-state index >= 15 is 0 Å². The van der Waals surface area contributed by atoms with Gasteiger partial charge in [-0.2, -0.15) is 0 Å². The number of nitrogens with one attached hydrogen (secondary N) is 1. The molecule has 148 valence electrons. The summed E-state index contributed by atoms with van der Waals surface area (Å²) < 4.78 is 5.22. The number of likely N-dealkylation sites (N-methyl/N-ethyl adjacent to an activating group) is 1. The number of hydrogen-bond donors (Lipinski definition) is 1. The molecule has 0 unspecified atom stereocenters. The summed E-state index contributed by atoms with van der Waals surface area (Å²) in [6, 6.07) is 26.8. The van der Waals surface area contributed by atoms with Gasteiger partial charge in [0.2, 0.25) is 0 Å². The van der Waals surface area contributed by atoms with E-state index in [0.717, 1.165) is 22.7 Å². The zero-order valence-electron chi connectivity index (χ0n) is 16.8. The van der Waals surface area contributed by atoms with E-state index in [9.17, 15) is 4.79 Å². The highest BCUT2D eigenvalue weighted by atomic mass is 16.5. The molecule has 3 aromatic carbocycles. The molecule has 3 aromatic rings. The van der Waals surface area contributed by atoms with Gasteiger partial charge in [-0.05, 0) is 48.9 Å². The van der Waals surface area contributed by atoms with Crippen LogP contribution < -0.4 is 15.0 Å². The van der Waals surface area contributed by atoms with Crippen molar-refractivity contribution in [1.82, 2.24) is 0 Å². The molecule has 0 aliphatic heterocycles. The normalized spacial score (nSPS) is 11.8. The minimum absolute atomic E-state index is 0.0123. The topological polar surface area (TPSA) is 41.6 Å². The molecule has 1 atom stereocenters. The highest BCUT2D eigenvalue weighted by molar-refractivity contribution is 6.00. The van der Waals surface area contributed by atoms with Crippen molar-refractivity contribution in [2.75, 3.05) is 23.9 Å². The van der Waals surface area contributed by atoms with Crippen LogP contribution in [0.4, 0.5) is 11.4 Å². The summed E-state index contributed by atoms with van der Waals surface area (Å²) in [5.41, 5.74) is 2.78. The Labute approximate surface area is 172 Å². The Balaban J connectivity index is 1.87. The smallest absolute Gasteiger partial charge is 0.253 e. The second-order valence-corrected chi connectivity index (χ2v) is 6.54. The molecule has 0 saturated heterocycles. The van der Waals surface area contributed by atoms with Crippen LogP contribution in [0.15, 0.2) is 91.0 Å². The maximum atomic E-state index is 13.4. The summed E-state index contributed by atoms with van der Waals surface area (Å²) in [7, 11) is 1.64. The average molecular weight is 386 g/mol. The molecule has 0 aromatic heterocycles. The lowest BCUT2D eigenvalue weighted by molar-refractivity contribution is -0.118. The predicted octanol–water partition coefficient (Wildman–Crippen LogP) is 5.24. The van der Waals surface area contributed by atoms with E-state index in [0.29, 0.717) is 6.54 Å². The predicted molar refractivity (Wildman–Crippen MR) is 120 cm³/mol. The number of benzene rings is 3. The van der Waals surface area contributed by atoms with Gasteiger partial charge in [-0.25, -0.2) is 0 Å². The molecule has 0 spiro atoms. The molecule has 0 bridgehead atoms. The first kappa shape index (κ1) is 20.2. The van der Waals surface area contributed by atoms with Crippen LogP contribution in [0.2, 0.25) is 0 Å². The van der Waals surface area contributed by atoms with E-state index in [1.54, 1.807) is 12.0 Å². The van der Waals surface area contributed by atoms with Crippen LogP contribution in [-0.2, 0) is 4.79 Å². The largest absolute Gasteiger partial charge is 0.497 e. The van der Waals surface area contributed by atoms with E-state index < -0.39 is 6.04 Å². The summed E-state index contributed by atoms with van der Waals surface area (Å²) in [5.74, 6) is 0.763. The molecule has 29 heavy (non-hydrogen) atoms. The van der Waals surface area contributed by atoms with Gasteiger partial charge in [-0.1, -0.05) is 60.7 Å². The number of rotatable bonds is 8. The number of carbonyl (C=O) groups is 1. The molecule has 4 nitrogen and oxygen atoms in total. The van der Waals surface area contributed by atoms with Gasteiger partial charge in [0.15, 0.2) is 0 Å². The van der Waals surface area contributed by atoms with Crippen LogP contribution in [0.1, 0.15) is 12.5 Å². The Morgan fingerprint density at radius 3 is 2.17 bits per heavy atom. The number of ether oxygens (including phenoxy) is 1. The van der Waals surface area contributed by atoms with Crippen molar-refractivity contribution in [2.45, 2.75) is 13.0 Å². The van der Waals surface area contributed by atoms with Gasteiger partial charge in [0.05, 0.1) is 7.11 Å². The van der Waals surface area contributed by atoms with Crippen molar-refractivity contribution in [3.8, 4) is 5.75 Å². The van der Waals surface area contributed by atoms with E-state index in [1.165, 1.54) is 0 Å². The monoisotopic (exact) mass is 386 g/mol. The molecule has 0 heterocycles. The zero-order valence-corrected chi connectivity index (χ0v) is 16.8. The van der Waals surface area contributed by atoms with Gasteiger partial charge in [-0.15, -0.1) is 0 Å². The Kier molecular flexibility index (Phi) is 7.06. The maximum Gasteiger partial charge on any atom is 0.253 e. The molecular weight excluding hydrogens is 360 g/mol. The number of amides is 1. The minimum atomic E-state index is -0.510. The third kappa shape index (κ3) is 5.48. The van der Waals surface area contributed by atoms with Crippen molar-refractivity contribution >= 4 is 23.4 Å². The van der Waals surface area contributed by atoms with Crippen molar-refractivity contribution in [3.05, 3.63) is 96.6 Å². The van der Waals surface area contributed by atoms with Gasteiger partial charge < -0.3 is 15.0 Å². The summed E-state index contributed by atoms with van der Waals surface area (Å²) in [6.07, 6.45) is 3.88. The standard InChI is InChI=1S/C25H26N2O2/c1-3-27(22-12-8-5-9-13-22)25(28)24(19-14-20-10-6-4-7-11-20)26-21-15-17-23(29-2)18-16-21/h4-19,24,26H,3H2,1-2H3/b19-14+/t24-/m0/s1. The van der Waals surface area contributed by atoms with E-state index in [4.69, 9.17) is 4.74 Å². The number of methoxy groups -OCH3 is 1. The van der Waals surface area contributed by atoms with Gasteiger partial charge in [-0.3, -0.25) is 4.79 Å². The number of carbonyl (C=O) groups excluding carboxylic acids is 1. The Bertz CT molecular complexity index is 922. The van der Waals surface area contributed by atoms with Gasteiger partial charge in [0.25, 0.3) is 5.91 Å². The molecule has 1 amide bonds. The molecule has 0 aliphatic rings. The van der Waals surface area contributed by atoms with E-state index in [-0.39, 0.29) is 5.91 Å². The molecule has 0 radical (unpaired) electrons. The highest BCUT2D eigenvalue weighted by Crippen LogP contribution is 2.19. The van der Waals surface area contributed by atoms with E-state index in [2.05, 4.69) is 5.32 Å². The third-order valence-corrected chi connectivity index (χ3v) is 4.61. The van der Waals surface area contributed by atoms with Gasteiger partial charge in [0.1, 0.15) is 11.8 Å². The molecule has 1 N–H and O–H groups in total. The fourth-order valence-corrected chi connectivity index (χ4v) is 3.07. The van der Waals surface area contributed by atoms with Crippen LogP contribution in [0, 0.1) is 0 Å².